The lowest BCUT2D eigenvalue weighted by atomic mass is 10.0. The zero-order chi connectivity index (χ0) is 24.4. The topological polar surface area (TPSA) is 94.7 Å². The Morgan fingerprint density at radius 3 is 2.66 bits per heavy atom. The molecule has 0 saturated carbocycles. The van der Waals surface area contributed by atoms with Crippen LogP contribution < -0.4 is 10.6 Å². The van der Waals surface area contributed by atoms with Crippen LogP contribution in [0.25, 0.3) is 11.2 Å². The van der Waals surface area contributed by atoms with Gasteiger partial charge in [-0.25, -0.2) is 18.7 Å². The molecule has 2 aromatic heterocycles. The second kappa shape index (κ2) is 9.64. The monoisotopic (exact) mass is 474 g/mol. The summed E-state index contributed by atoms with van der Waals surface area (Å²) < 4.78 is 30.3. The molecule has 1 aliphatic rings. The maximum Gasteiger partial charge on any atom is 0.225 e. The lowest BCUT2D eigenvalue weighted by Crippen LogP contribution is -2.41. The van der Waals surface area contributed by atoms with Crippen molar-refractivity contribution >= 4 is 28.7 Å². The highest BCUT2D eigenvalue weighted by Crippen LogP contribution is 2.26. The maximum atomic E-state index is 14.3. The van der Waals surface area contributed by atoms with Gasteiger partial charge in [-0.15, -0.1) is 0 Å². The van der Waals surface area contributed by atoms with Gasteiger partial charge in [0, 0.05) is 26.2 Å². The number of hydrogen-bond acceptors (Lipinski definition) is 7. The third kappa shape index (κ3) is 4.90. The summed E-state index contributed by atoms with van der Waals surface area (Å²) >= 11 is 0. The van der Waals surface area contributed by atoms with Gasteiger partial charge in [0.05, 0.1) is 17.8 Å². The molecule has 5 rings (SSSR count). The normalized spacial score (nSPS) is 16.2. The highest BCUT2D eigenvalue weighted by molar-refractivity contribution is 5.76. The summed E-state index contributed by atoms with van der Waals surface area (Å²) in [6.45, 7) is 2.83. The Balaban J connectivity index is 1.31. The average molecular weight is 475 g/mol. The third-order valence-corrected chi connectivity index (χ3v) is 6.11. The molecule has 0 amide bonds. The molecule has 3 heterocycles. The Hall–Kier alpha value is -4.10. The SMILES string of the molecule is Cn1c(Nc2c(F)cc(C#N)cc2F)nc2cnc(N[C@@H]3CCCN(Cc4ccccc4)C3)nc21. The van der Waals surface area contributed by atoms with Crippen LogP contribution in [0.1, 0.15) is 24.0 Å². The summed E-state index contributed by atoms with van der Waals surface area (Å²) in [6.07, 6.45) is 3.68. The molecule has 0 aliphatic carbocycles. The van der Waals surface area contributed by atoms with Crippen LogP contribution in [0.15, 0.2) is 48.7 Å². The molecule has 10 heteroatoms. The Bertz CT molecular complexity index is 1370. The van der Waals surface area contributed by atoms with E-state index in [9.17, 15) is 8.78 Å². The van der Waals surface area contributed by atoms with E-state index in [1.165, 1.54) is 5.56 Å². The van der Waals surface area contributed by atoms with Gasteiger partial charge in [0.15, 0.2) is 17.3 Å². The van der Waals surface area contributed by atoms with Crippen molar-refractivity contribution in [2.24, 2.45) is 7.05 Å². The van der Waals surface area contributed by atoms with Gasteiger partial charge < -0.3 is 10.6 Å². The van der Waals surface area contributed by atoms with Crippen LogP contribution >= 0.6 is 0 Å². The lowest BCUT2D eigenvalue weighted by Gasteiger charge is -2.33. The number of aromatic nitrogens is 4. The van der Waals surface area contributed by atoms with E-state index < -0.39 is 11.6 Å². The van der Waals surface area contributed by atoms with E-state index in [-0.39, 0.29) is 23.2 Å². The Kier molecular flexibility index (Phi) is 6.25. The van der Waals surface area contributed by atoms with Crippen molar-refractivity contribution in [3.05, 3.63) is 71.4 Å². The van der Waals surface area contributed by atoms with Gasteiger partial charge in [0.2, 0.25) is 11.9 Å². The standard InChI is InChI=1S/C25H24F2N8/c1-34-23-21(31-25(34)32-22-19(26)10-17(12-28)11-20(22)27)13-29-24(33-23)30-18-8-5-9-35(15-18)14-16-6-3-2-4-7-16/h2-4,6-7,10-11,13,18H,5,8-9,14-15H2,1H3,(H,31,32)(H,29,30,33)/t18-/m1/s1. The first-order valence-electron chi connectivity index (χ1n) is 11.4. The maximum absolute atomic E-state index is 14.3. The van der Waals surface area contributed by atoms with Crippen LogP contribution in [0.5, 0.6) is 0 Å². The Morgan fingerprint density at radius 1 is 1.14 bits per heavy atom. The first kappa shape index (κ1) is 22.7. The summed E-state index contributed by atoms with van der Waals surface area (Å²) in [5.41, 5.74) is 1.83. The minimum atomic E-state index is -0.876. The Morgan fingerprint density at radius 2 is 1.91 bits per heavy atom. The number of fused-ring (bicyclic) bond motifs is 1. The largest absolute Gasteiger partial charge is 0.350 e. The number of imidazole rings is 1. The van der Waals surface area contributed by atoms with Crippen molar-refractivity contribution in [1.82, 2.24) is 24.4 Å². The predicted molar refractivity (Wildman–Crippen MR) is 129 cm³/mol. The van der Waals surface area contributed by atoms with Crippen molar-refractivity contribution in [3.63, 3.8) is 0 Å². The molecular weight excluding hydrogens is 450 g/mol. The van der Waals surface area contributed by atoms with Gasteiger partial charge >= 0.3 is 0 Å². The fourth-order valence-electron chi connectivity index (χ4n) is 4.37. The zero-order valence-electron chi connectivity index (χ0n) is 19.2. The van der Waals surface area contributed by atoms with Crippen LogP contribution in [-0.2, 0) is 13.6 Å². The van der Waals surface area contributed by atoms with Crippen molar-refractivity contribution in [2.75, 3.05) is 23.7 Å². The molecule has 8 nitrogen and oxygen atoms in total. The lowest BCUT2D eigenvalue weighted by molar-refractivity contribution is 0.208. The highest BCUT2D eigenvalue weighted by atomic mass is 19.1. The number of nitrogens with zero attached hydrogens (tertiary/aromatic N) is 6. The van der Waals surface area contributed by atoms with E-state index in [4.69, 9.17) is 5.26 Å². The quantitative estimate of drug-likeness (QED) is 0.429. The van der Waals surface area contributed by atoms with E-state index in [1.54, 1.807) is 23.9 Å². The highest BCUT2D eigenvalue weighted by Gasteiger charge is 2.22. The molecule has 1 fully saturated rings. The number of halogens is 2. The van der Waals surface area contributed by atoms with Crippen molar-refractivity contribution in [3.8, 4) is 6.07 Å². The summed E-state index contributed by atoms with van der Waals surface area (Å²) in [5, 5.41) is 15.0. The van der Waals surface area contributed by atoms with E-state index >= 15 is 0 Å². The molecule has 1 aliphatic heterocycles. The number of nitriles is 1. The van der Waals surface area contributed by atoms with Gasteiger partial charge in [0.1, 0.15) is 11.2 Å². The number of nitrogens with one attached hydrogen (secondary N) is 2. The number of hydrogen-bond donors (Lipinski definition) is 2. The number of piperidine rings is 1. The Labute approximate surface area is 201 Å². The number of benzene rings is 2. The molecule has 1 saturated heterocycles. The van der Waals surface area contributed by atoms with Crippen molar-refractivity contribution < 1.29 is 8.78 Å². The van der Waals surface area contributed by atoms with Gasteiger partial charge in [-0.2, -0.15) is 10.2 Å². The number of anilines is 3. The average Bonchev–Trinajstić information content (AvgIpc) is 3.17. The molecule has 2 N–H and O–H groups in total. The molecule has 0 radical (unpaired) electrons. The number of rotatable bonds is 6. The van der Waals surface area contributed by atoms with Crippen LogP contribution in [0.4, 0.5) is 26.4 Å². The van der Waals surface area contributed by atoms with Crippen LogP contribution in [0, 0.1) is 23.0 Å². The first-order valence-corrected chi connectivity index (χ1v) is 11.4. The molecule has 1 atom stereocenters. The molecule has 0 unspecified atom stereocenters. The second-order valence-corrected chi connectivity index (χ2v) is 8.65. The molecule has 178 valence electrons. The smallest absolute Gasteiger partial charge is 0.225 e. The van der Waals surface area contributed by atoms with Crippen molar-refractivity contribution in [1.29, 1.82) is 5.26 Å². The van der Waals surface area contributed by atoms with Crippen LogP contribution in [0.3, 0.4) is 0 Å². The molecule has 35 heavy (non-hydrogen) atoms. The van der Waals surface area contributed by atoms with E-state index in [2.05, 4.69) is 54.8 Å². The van der Waals surface area contributed by atoms with E-state index in [0.717, 1.165) is 44.6 Å². The molecule has 4 aromatic rings. The molecule has 0 spiro atoms. The summed E-state index contributed by atoms with van der Waals surface area (Å²) in [7, 11) is 1.70. The third-order valence-electron chi connectivity index (χ3n) is 6.11. The van der Waals surface area contributed by atoms with Crippen LogP contribution in [0.2, 0.25) is 0 Å². The zero-order valence-corrected chi connectivity index (χ0v) is 19.2. The minimum absolute atomic E-state index is 0.0952. The van der Waals surface area contributed by atoms with E-state index in [0.29, 0.717) is 17.1 Å². The first-order chi connectivity index (χ1) is 17.0. The number of likely N-dealkylation sites (tertiary alicyclic amines) is 1. The fourth-order valence-corrected chi connectivity index (χ4v) is 4.37. The fraction of sp³-hybridized carbons (Fsp3) is 0.280. The van der Waals surface area contributed by atoms with Gasteiger partial charge in [-0.1, -0.05) is 30.3 Å². The summed E-state index contributed by atoms with van der Waals surface area (Å²) in [6, 6.07) is 14.3. The van der Waals surface area contributed by atoms with Crippen molar-refractivity contribution in [2.45, 2.75) is 25.4 Å². The van der Waals surface area contributed by atoms with Gasteiger partial charge in [-0.05, 0) is 37.1 Å². The predicted octanol–water partition coefficient (Wildman–Crippen LogP) is 4.33. The molecule has 2 aromatic carbocycles. The molecule has 0 bridgehead atoms. The minimum Gasteiger partial charge on any atom is -0.350 e. The second-order valence-electron chi connectivity index (χ2n) is 8.65. The van der Waals surface area contributed by atoms with Crippen LogP contribution in [-0.4, -0.2) is 43.6 Å². The summed E-state index contributed by atoms with van der Waals surface area (Å²) in [5.74, 6) is -1.06. The summed E-state index contributed by atoms with van der Waals surface area (Å²) in [4.78, 5) is 15.8. The molecular formula is C25H24F2N8. The van der Waals surface area contributed by atoms with E-state index in [1.807, 2.05) is 6.07 Å². The van der Waals surface area contributed by atoms with Gasteiger partial charge in [-0.3, -0.25) is 9.47 Å². The van der Waals surface area contributed by atoms with Gasteiger partial charge in [0.25, 0.3) is 0 Å². The number of aryl methyl sites for hydroxylation is 1.